The van der Waals surface area contributed by atoms with E-state index in [-0.39, 0.29) is 11.7 Å². The lowest BCUT2D eigenvalue weighted by Gasteiger charge is -2.06. The van der Waals surface area contributed by atoms with E-state index in [1.807, 2.05) is 6.92 Å². The van der Waals surface area contributed by atoms with Crippen molar-refractivity contribution in [1.82, 2.24) is 15.0 Å². The van der Waals surface area contributed by atoms with Gasteiger partial charge in [0.2, 0.25) is 17.2 Å². The van der Waals surface area contributed by atoms with Gasteiger partial charge in [0, 0.05) is 19.5 Å². The smallest absolute Gasteiger partial charge is 0.303 e. The van der Waals surface area contributed by atoms with Crippen molar-refractivity contribution in [1.29, 1.82) is 0 Å². The van der Waals surface area contributed by atoms with E-state index in [1.165, 1.54) is 0 Å². The first-order chi connectivity index (χ1) is 8.11. The number of carboxylic acids is 1. The van der Waals surface area contributed by atoms with Gasteiger partial charge in [-0.15, -0.1) is 0 Å². The number of halogens is 1. The SMILES string of the molecule is CCNc1nc(Cl)nc(NCCCC(=O)O)n1. The number of hydrogen-bond donors (Lipinski definition) is 3. The fourth-order valence-electron chi connectivity index (χ4n) is 1.11. The Balaban J connectivity index is 2.49. The number of rotatable bonds is 7. The molecule has 3 N–H and O–H groups in total. The first-order valence-corrected chi connectivity index (χ1v) is 5.60. The number of aromatic nitrogens is 3. The van der Waals surface area contributed by atoms with Gasteiger partial charge in [-0.1, -0.05) is 0 Å². The fourth-order valence-corrected chi connectivity index (χ4v) is 1.27. The Morgan fingerprint density at radius 3 is 2.53 bits per heavy atom. The average Bonchev–Trinajstić information content (AvgIpc) is 2.24. The molecule has 0 saturated carbocycles. The topological polar surface area (TPSA) is 100 Å². The van der Waals surface area contributed by atoms with Crippen LogP contribution in [-0.2, 0) is 4.79 Å². The maximum absolute atomic E-state index is 10.3. The van der Waals surface area contributed by atoms with Crippen molar-refractivity contribution in [3.8, 4) is 0 Å². The zero-order chi connectivity index (χ0) is 12.7. The Morgan fingerprint density at radius 1 is 1.29 bits per heavy atom. The predicted octanol–water partition coefficient (Wildman–Crippen LogP) is 1.23. The van der Waals surface area contributed by atoms with Crippen molar-refractivity contribution in [3.05, 3.63) is 5.28 Å². The van der Waals surface area contributed by atoms with Gasteiger partial charge in [-0.2, -0.15) is 15.0 Å². The molecule has 1 heterocycles. The van der Waals surface area contributed by atoms with Gasteiger partial charge >= 0.3 is 5.97 Å². The fraction of sp³-hybridized carbons (Fsp3) is 0.556. The van der Waals surface area contributed by atoms with E-state index in [9.17, 15) is 4.79 Å². The van der Waals surface area contributed by atoms with E-state index in [2.05, 4.69) is 25.6 Å². The van der Waals surface area contributed by atoms with E-state index in [0.29, 0.717) is 31.4 Å². The highest BCUT2D eigenvalue weighted by molar-refractivity contribution is 6.28. The monoisotopic (exact) mass is 259 g/mol. The maximum atomic E-state index is 10.3. The summed E-state index contributed by atoms with van der Waals surface area (Å²) in [6.45, 7) is 3.06. The highest BCUT2D eigenvalue weighted by Crippen LogP contribution is 2.09. The molecule has 0 aliphatic carbocycles. The number of carbonyl (C=O) groups is 1. The Bertz CT molecular complexity index is 388. The molecule has 94 valence electrons. The zero-order valence-corrected chi connectivity index (χ0v) is 10.2. The third-order valence-corrected chi connectivity index (χ3v) is 1.96. The molecule has 0 aromatic carbocycles. The molecule has 1 aromatic rings. The minimum absolute atomic E-state index is 0.0942. The first kappa shape index (κ1) is 13.4. The van der Waals surface area contributed by atoms with Gasteiger partial charge in [0.25, 0.3) is 0 Å². The summed E-state index contributed by atoms with van der Waals surface area (Å²) in [6.07, 6.45) is 0.598. The first-order valence-electron chi connectivity index (χ1n) is 5.23. The van der Waals surface area contributed by atoms with Crippen LogP contribution in [0.5, 0.6) is 0 Å². The molecule has 0 radical (unpaired) electrons. The van der Waals surface area contributed by atoms with Gasteiger partial charge in [0.15, 0.2) is 0 Å². The number of hydrogen-bond acceptors (Lipinski definition) is 6. The maximum Gasteiger partial charge on any atom is 0.303 e. The van der Waals surface area contributed by atoms with Crippen molar-refractivity contribution in [2.45, 2.75) is 19.8 Å². The molecule has 0 bridgehead atoms. The van der Waals surface area contributed by atoms with Crippen molar-refractivity contribution >= 4 is 29.5 Å². The van der Waals surface area contributed by atoms with E-state index in [1.54, 1.807) is 0 Å². The largest absolute Gasteiger partial charge is 0.481 e. The second kappa shape index (κ2) is 6.85. The summed E-state index contributed by atoms with van der Waals surface area (Å²) in [5.41, 5.74) is 0. The van der Waals surface area contributed by atoms with E-state index >= 15 is 0 Å². The van der Waals surface area contributed by atoms with Gasteiger partial charge in [-0.25, -0.2) is 0 Å². The van der Waals surface area contributed by atoms with Gasteiger partial charge < -0.3 is 15.7 Å². The molecule has 17 heavy (non-hydrogen) atoms. The van der Waals surface area contributed by atoms with Crippen LogP contribution in [0.4, 0.5) is 11.9 Å². The molecule has 1 aromatic heterocycles. The Morgan fingerprint density at radius 2 is 1.94 bits per heavy atom. The lowest BCUT2D eigenvalue weighted by molar-refractivity contribution is -0.137. The van der Waals surface area contributed by atoms with Crippen LogP contribution in [0.3, 0.4) is 0 Å². The molecule has 0 aliphatic rings. The highest BCUT2D eigenvalue weighted by atomic mass is 35.5. The standard InChI is InChI=1S/C9H14ClN5O2/c1-2-11-8-13-7(10)14-9(15-8)12-5-3-4-6(16)17/h2-5H2,1H3,(H,16,17)(H2,11,12,13,14,15). The Kier molecular flexibility index (Phi) is 5.41. The quantitative estimate of drug-likeness (QED) is 0.633. The molecular formula is C9H14ClN5O2. The van der Waals surface area contributed by atoms with Crippen molar-refractivity contribution < 1.29 is 9.90 Å². The molecule has 0 atom stereocenters. The Labute approximate surface area is 104 Å². The van der Waals surface area contributed by atoms with Crippen LogP contribution in [0.2, 0.25) is 5.28 Å². The Hall–Kier alpha value is -1.63. The van der Waals surface area contributed by atoms with Crippen LogP contribution in [0.25, 0.3) is 0 Å². The summed E-state index contributed by atoms with van der Waals surface area (Å²) < 4.78 is 0. The van der Waals surface area contributed by atoms with Gasteiger partial charge in [-0.3, -0.25) is 4.79 Å². The van der Waals surface area contributed by atoms with Crippen molar-refractivity contribution in [3.63, 3.8) is 0 Å². The van der Waals surface area contributed by atoms with Crippen LogP contribution >= 0.6 is 11.6 Å². The minimum Gasteiger partial charge on any atom is -0.481 e. The second-order valence-electron chi connectivity index (χ2n) is 3.21. The third-order valence-electron chi connectivity index (χ3n) is 1.79. The molecular weight excluding hydrogens is 246 g/mol. The zero-order valence-electron chi connectivity index (χ0n) is 9.40. The van der Waals surface area contributed by atoms with Crippen LogP contribution in [0, 0.1) is 0 Å². The van der Waals surface area contributed by atoms with Crippen LogP contribution in [-0.4, -0.2) is 39.1 Å². The lowest BCUT2D eigenvalue weighted by atomic mass is 10.3. The van der Waals surface area contributed by atoms with E-state index < -0.39 is 5.97 Å². The molecule has 7 nitrogen and oxygen atoms in total. The highest BCUT2D eigenvalue weighted by Gasteiger charge is 2.04. The van der Waals surface area contributed by atoms with Crippen LogP contribution in [0.1, 0.15) is 19.8 Å². The van der Waals surface area contributed by atoms with Gasteiger partial charge in [-0.05, 0) is 24.9 Å². The number of carboxylic acid groups (broad SMARTS) is 1. The normalized spacial score (nSPS) is 10.0. The van der Waals surface area contributed by atoms with Crippen molar-refractivity contribution in [2.24, 2.45) is 0 Å². The molecule has 0 fully saturated rings. The molecule has 0 saturated heterocycles. The van der Waals surface area contributed by atoms with Gasteiger partial charge in [0.05, 0.1) is 0 Å². The average molecular weight is 260 g/mol. The summed E-state index contributed by atoms with van der Waals surface area (Å²) in [7, 11) is 0. The molecule has 0 unspecified atom stereocenters. The van der Waals surface area contributed by atoms with E-state index in [0.717, 1.165) is 0 Å². The number of aliphatic carboxylic acids is 1. The second-order valence-corrected chi connectivity index (χ2v) is 3.54. The molecule has 8 heteroatoms. The number of anilines is 2. The molecule has 1 rings (SSSR count). The summed E-state index contributed by atoms with van der Waals surface area (Å²) in [6, 6.07) is 0. The van der Waals surface area contributed by atoms with Gasteiger partial charge in [0.1, 0.15) is 0 Å². The minimum atomic E-state index is -0.825. The summed E-state index contributed by atoms with van der Waals surface area (Å²) in [5.74, 6) is -0.0895. The predicted molar refractivity (Wildman–Crippen MR) is 64.4 cm³/mol. The lowest BCUT2D eigenvalue weighted by Crippen LogP contribution is -2.10. The molecule has 0 aliphatic heterocycles. The molecule has 0 amide bonds. The number of nitrogens with one attached hydrogen (secondary N) is 2. The van der Waals surface area contributed by atoms with Crippen LogP contribution < -0.4 is 10.6 Å². The van der Waals surface area contributed by atoms with Crippen molar-refractivity contribution in [2.75, 3.05) is 23.7 Å². The summed E-state index contributed by atoms with van der Waals surface area (Å²) in [4.78, 5) is 22.1. The number of nitrogens with zero attached hydrogens (tertiary/aromatic N) is 3. The van der Waals surface area contributed by atoms with Crippen LogP contribution in [0.15, 0.2) is 0 Å². The summed E-state index contributed by atoms with van der Waals surface area (Å²) >= 11 is 5.71. The molecule has 0 spiro atoms. The van der Waals surface area contributed by atoms with E-state index in [4.69, 9.17) is 16.7 Å². The third kappa shape index (κ3) is 5.30. The summed E-state index contributed by atoms with van der Waals surface area (Å²) in [5, 5.41) is 14.4.